The van der Waals surface area contributed by atoms with E-state index in [2.05, 4.69) is 5.10 Å². The first kappa shape index (κ1) is 13.7. The normalized spacial score (nSPS) is 10.6. The highest BCUT2D eigenvalue weighted by atomic mass is 19.1. The number of carboxylic acid groups (broad SMARTS) is 1. The van der Waals surface area contributed by atoms with Crippen molar-refractivity contribution in [3.8, 4) is 17.0 Å². The maximum absolute atomic E-state index is 13.5. The highest BCUT2D eigenvalue weighted by Crippen LogP contribution is 2.29. The number of carboxylic acids is 1. The van der Waals surface area contributed by atoms with Gasteiger partial charge < -0.3 is 9.52 Å². The minimum absolute atomic E-state index is 0.108. The third kappa shape index (κ3) is 2.39. The Morgan fingerprint density at radius 1 is 1.27 bits per heavy atom. The first-order valence-electron chi connectivity index (χ1n) is 6.23. The van der Waals surface area contributed by atoms with Crippen LogP contribution in [0.1, 0.15) is 21.0 Å². The number of hydrogen-bond donors (Lipinski definition) is 1. The van der Waals surface area contributed by atoms with Crippen molar-refractivity contribution < 1.29 is 23.5 Å². The molecule has 2 heterocycles. The lowest BCUT2D eigenvalue weighted by molar-refractivity contribution is 0.0690. The van der Waals surface area contributed by atoms with E-state index in [0.29, 0.717) is 17.5 Å². The van der Waals surface area contributed by atoms with Gasteiger partial charge in [-0.05, 0) is 36.4 Å². The number of nitrogens with zero attached hydrogens (tertiary/aromatic N) is 2. The summed E-state index contributed by atoms with van der Waals surface area (Å²) >= 11 is 0. The molecule has 1 aromatic carbocycles. The Balaban J connectivity index is 2.14. The predicted octanol–water partition coefficient (Wildman–Crippen LogP) is 2.78. The Kier molecular flexibility index (Phi) is 3.30. The number of hydrogen-bond acceptors (Lipinski definition) is 4. The summed E-state index contributed by atoms with van der Waals surface area (Å²) in [6, 6.07) is 8.22. The predicted molar refractivity (Wildman–Crippen MR) is 73.6 cm³/mol. The molecule has 0 saturated heterocycles. The van der Waals surface area contributed by atoms with Crippen molar-refractivity contribution in [3.05, 3.63) is 59.9 Å². The fraction of sp³-hybridized carbons (Fsp3) is 0. The van der Waals surface area contributed by atoms with Gasteiger partial charge in [0.1, 0.15) is 11.6 Å². The topological polar surface area (TPSA) is 85.3 Å². The summed E-state index contributed by atoms with van der Waals surface area (Å²) in [5.41, 5.74) is 0.650. The molecule has 0 atom stereocenters. The van der Waals surface area contributed by atoms with Crippen LogP contribution in [0.15, 0.2) is 47.0 Å². The summed E-state index contributed by atoms with van der Waals surface area (Å²) in [7, 11) is 0. The molecule has 22 heavy (non-hydrogen) atoms. The minimum Gasteiger partial charge on any atom is -0.476 e. The quantitative estimate of drug-likeness (QED) is 0.749. The maximum atomic E-state index is 13.5. The third-order valence-corrected chi connectivity index (χ3v) is 3.02. The van der Waals surface area contributed by atoms with Crippen LogP contribution in [-0.4, -0.2) is 27.1 Å². The van der Waals surface area contributed by atoms with Crippen LogP contribution in [0.4, 0.5) is 4.39 Å². The molecular weight excluding hydrogens is 291 g/mol. The largest absolute Gasteiger partial charge is 0.476 e. The molecule has 7 heteroatoms. The lowest BCUT2D eigenvalue weighted by Gasteiger charge is -2.07. The summed E-state index contributed by atoms with van der Waals surface area (Å²) in [4.78, 5) is 21.6. The van der Waals surface area contributed by atoms with E-state index in [0.717, 1.165) is 0 Å². The fourth-order valence-corrected chi connectivity index (χ4v) is 2.04. The molecule has 0 spiro atoms. The Morgan fingerprint density at radius 3 is 2.73 bits per heavy atom. The average molecular weight is 300 g/mol. The van der Waals surface area contributed by atoms with E-state index in [9.17, 15) is 14.0 Å². The summed E-state index contributed by atoms with van der Waals surface area (Å²) in [6.45, 7) is 0. The number of carbonyl (C=O) groups is 2. The SMILES string of the molecule is O=Cc1ccc(-c2cc(F)ccc2-n2ccc(C(=O)O)n2)o1. The molecule has 3 aromatic rings. The maximum Gasteiger partial charge on any atom is 0.356 e. The lowest BCUT2D eigenvalue weighted by Crippen LogP contribution is -2.02. The van der Waals surface area contributed by atoms with E-state index in [-0.39, 0.29) is 17.2 Å². The number of benzene rings is 1. The van der Waals surface area contributed by atoms with E-state index >= 15 is 0 Å². The molecule has 0 radical (unpaired) electrons. The Labute approximate surface area is 123 Å². The smallest absolute Gasteiger partial charge is 0.356 e. The molecule has 0 aliphatic heterocycles. The second-order valence-corrected chi connectivity index (χ2v) is 4.43. The zero-order valence-corrected chi connectivity index (χ0v) is 11.1. The van der Waals surface area contributed by atoms with Crippen LogP contribution in [-0.2, 0) is 0 Å². The van der Waals surface area contributed by atoms with Gasteiger partial charge in [0.15, 0.2) is 17.7 Å². The molecule has 0 amide bonds. The molecule has 0 bridgehead atoms. The van der Waals surface area contributed by atoms with Gasteiger partial charge in [-0.2, -0.15) is 5.10 Å². The standard InChI is InChI=1S/C15H9FN2O4/c16-9-1-3-13(18-6-5-12(17-18)15(20)21)11(7-9)14-4-2-10(8-19)22-14/h1-8H,(H,20,21). The summed E-state index contributed by atoms with van der Waals surface area (Å²) < 4.78 is 20.1. The third-order valence-electron chi connectivity index (χ3n) is 3.02. The highest BCUT2D eigenvalue weighted by Gasteiger charge is 2.15. The molecule has 0 aliphatic rings. The number of furan rings is 1. The number of aromatic nitrogens is 2. The Morgan fingerprint density at radius 2 is 2.09 bits per heavy atom. The zero-order valence-electron chi connectivity index (χ0n) is 11.1. The number of rotatable bonds is 4. The molecule has 110 valence electrons. The van der Waals surface area contributed by atoms with Crippen molar-refractivity contribution >= 4 is 12.3 Å². The van der Waals surface area contributed by atoms with Gasteiger partial charge in [-0.3, -0.25) is 4.79 Å². The lowest BCUT2D eigenvalue weighted by atomic mass is 10.1. The molecule has 0 unspecified atom stereocenters. The molecule has 0 saturated carbocycles. The van der Waals surface area contributed by atoms with Gasteiger partial charge >= 0.3 is 5.97 Å². The molecule has 6 nitrogen and oxygen atoms in total. The van der Waals surface area contributed by atoms with Crippen LogP contribution in [0.3, 0.4) is 0 Å². The molecule has 3 rings (SSSR count). The van der Waals surface area contributed by atoms with Crippen molar-refractivity contribution in [2.75, 3.05) is 0 Å². The second kappa shape index (κ2) is 5.28. The van der Waals surface area contributed by atoms with Gasteiger partial charge in [0, 0.05) is 11.8 Å². The molecular formula is C15H9FN2O4. The van der Waals surface area contributed by atoms with Gasteiger partial charge in [-0.25, -0.2) is 13.9 Å². The first-order valence-corrected chi connectivity index (χ1v) is 6.23. The van der Waals surface area contributed by atoms with Crippen LogP contribution in [0, 0.1) is 5.82 Å². The van der Waals surface area contributed by atoms with Crippen molar-refractivity contribution in [2.24, 2.45) is 0 Å². The van der Waals surface area contributed by atoms with Crippen LogP contribution < -0.4 is 0 Å². The summed E-state index contributed by atoms with van der Waals surface area (Å²) in [5, 5.41) is 12.8. The van der Waals surface area contributed by atoms with E-state index in [4.69, 9.17) is 9.52 Å². The second-order valence-electron chi connectivity index (χ2n) is 4.43. The number of aldehydes is 1. The highest BCUT2D eigenvalue weighted by molar-refractivity contribution is 5.85. The van der Waals surface area contributed by atoms with Gasteiger partial charge in [0.25, 0.3) is 0 Å². The van der Waals surface area contributed by atoms with Crippen LogP contribution in [0.5, 0.6) is 0 Å². The van der Waals surface area contributed by atoms with Gasteiger partial charge in [-0.15, -0.1) is 0 Å². The van der Waals surface area contributed by atoms with E-state index < -0.39 is 11.8 Å². The zero-order chi connectivity index (χ0) is 15.7. The number of aromatic carboxylic acids is 1. The van der Waals surface area contributed by atoms with Crippen molar-refractivity contribution in [1.29, 1.82) is 0 Å². The van der Waals surface area contributed by atoms with Gasteiger partial charge in [0.05, 0.1) is 5.69 Å². The minimum atomic E-state index is -1.16. The first-order chi connectivity index (χ1) is 10.6. The molecule has 2 aromatic heterocycles. The average Bonchev–Trinajstić information content (AvgIpc) is 3.16. The molecule has 0 aliphatic carbocycles. The van der Waals surface area contributed by atoms with Crippen molar-refractivity contribution in [2.45, 2.75) is 0 Å². The van der Waals surface area contributed by atoms with Crippen molar-refractivity contribution in [3.63, 3.8) is 0 Å². The Hall–Kier alpha value is -3.22. The number of halogens is 1. The Bertz CT molecular complexity index is 866. The van der Waals surface area contributed by atoms with Gasteiger partial charge in [0.2, 0.25) is 0 Å². The van der Waals surface area contributed by atoms with Crippen molar-refractivity contribution in [1.82, 2.24) is 9.78 Å². The summed E-state index contributed by atoms with van der Waals surface area (Å²) in [5.74, 6) is -1.27. The summed E-state index contributed by atoms with van der Waals surface area (Å²) in [6.07, 6.45) is 1.99. The monoisotopic (exact) mass is 300 g/mol. The molecule has 0 fully saturated rings. The van der Waals surface area contributed by atoms with E-state index in [1.165, 1.54) is 47.3 Å². The molecule has 1 N–H and O–H groups in total. The van der Waals surface area contributed by atoms with Crippen LogP contribution in [0.25, 0.3) is 17.0 Å². The van der Waals surface area contributed by atoms with Crippen LogP contribution in [0.2, 0.25) is 0 Å². The van der Waals surface area contributed by atoms with E-state index in [1.54, 1.807) is 0 Å². The number of carbonyl (C=O) groups excluding carboxylic acids is 1. The van der Waals surface area contributed by atoms with E-state index in [1.807, 2.05) is 0 Å². The van der Waals surface area contributed by atoms with Gasteiger partial charge in [-0.1, -0.05) is 0 Å². The fourth-order valence-electron chi connectivity index (χ4n) is 2.04. The van der Waals surface area contributed by atoms with Crippen LogP contribution >= 0.6 is 0 Å².